The minimum absolute atomic E-state index is 0.0847. The molecule has 0 spiro atoms. The largest absolute Gasteiger partial charge is 0.472 e. The third-order valence-electron chi connectivity index (χ3n) is 1.70. The number of hydrogen-bond acceptors (Lipinski definition) is 4. The van der Waals surface area contributed by atoms with Gasteiger partial charge in [-0.15, -0.1) is 0 Å². The molecule has 0 radical (unpaired) electrons. The van der Waals surface area contributed by atoms with Crippen LogP contribution in [0.5, 0.6) is 0 Å². The minimum atomic E-state index is -3.17. The Kier molecular flexibility index (Phi) is 4.12. The lowest BCUT2D eigenvalue weighted by atomic mass is 10.4. The maximum Gasteiger partial charge on any atom is 0.213 e. The van der Waals surface area contributed by atoms with E-state index in [2.05, 4.69) is 10.0 Å². The molecule has 0 bridgehead atoms. The molecule has 0 aliphatic heterocycles. The quantitative estimate of drug-likeness (QED) is 0.700. The maximum absolute atomic E-state index is 11.3. The fourth-order valence-corrected chi connectivity index (χ4v) is 1.90. The minimum Gasteiger partial charge on any atom is -0.472 e. The molecular formula is C8H14N2O3S. The van der Waals surface area contributed by atoms with Gasteiger partial charge in [-0.1, -0.05) is 0 Å². The molecule has 1 rings (SSSR count). The predicted molar refractivity (Wildman–Crippen MR) is 53.3 cm³/mol. The molecule has 80 valence electrons. The van der Waals surface area contributed by atoms with Crippen molar-refractivity contribution in [2.24, 2.45) is 0 Å². The van der Waals surface area contributed by atoms with Gasteiger partial charge in [0.05, 0.1) is 18.3 Å². The van der Waals surface area contributed by atoms with Gasteiger partial charge in [-0.2, -0.15) is 0 Å². The molecule has 0 saturated carbocycles. The van der Waals surface area contributed by atoms with Gasteiger partial charge in [-0.25, -0.2) is 13.1 Å². The van der Waals surface area contributed by atoms with Gasteiger partial charge >= 0.3 is 0 Å². The van der Waals surface area contributed by atoms with Crippen LogP contribution in [-0.4, -0.2) is 27.8 Å². The highest BCUT2D eigenvalue weighted by Crippen LogP contribution is 1.99. The van der Waals surface area contributed by atoms with Crippen LogP contribution in [0.2, 0.25) is 0 Å². The fraction of sp³-hybridized carbons (Fsp3) is 0.500. The first-order chi connectivity index (χ1) is 6.64. The van der Waals surface area contributed by atoms with Crippen LogP contribution in [0, 0.1) is 0 Å². The summed E-state index contributed by atoms with van der Waals surface area (Å²) in [5.74, 6) is 0.0847. The second kappa shape index (κ2) is 5.14. The van der Waals surface area contributed by atoms with Crippen molar-refractivity contribution in [3.63, 3.8) is 0 Å². The first-order valence-electron chi connectivity index (χ1n) is 4.27. The summed E-state index contributed by atoms with van der Waals surface area (Å²) in [6.45, 7) is 0.725. The van der Waals surface area contributed by atoms with Gasteiger partial charge in [0.25, 0.3) is 0 Å². The molecule has 0 aromatic carbocycles. The van der Waals surface area contributed by atoms with E-state index in [-0.39, 0.29) is 12.3 Å². The van der Waals surface area contributed by atoms with Gasteiger partial charge in [0.1, 0.15) is 0 Å². The number of sulfonamides is 1. The zero-order valence-corrected chi connectivity index (χ0v) is 8.80. The highest BCUT2D eigenvalue weighted by molar-refractivity contribution is 7.89. The Morgan fingerprint density at radius 1 is 1.50 bits per heavy atom. The normalized spacial score (nSPS) is 11.8. The predicted octanol–water partition coefficient (Wildman–Crippen LogP) is -0.0816. The number of furan rings is 1. The SMILES string of the molecule is CNCCS(=O)(=O)NCc1ccoc1. The van der Waals surface area contributed by atoms with Crippen LogP contribution >= 0.6 is 0 Å². The van der Waals surface area contributed by atoms with Crippen molar-refractivity contribution in [3.05, 3.63) is 24.2 Å². The third kappa shape index (κ3) is 3.91. The molecule has 14 heavy (non-hydrogen) atoms. The molecular weight excluding hydrogens is 204 g/mol. The first kappa shape index (κ1) is 11.2. The fourth-order valence-electron chi connectivity index (χ4n) is 0.895. The van der Waals surface area contributed by atoms with Gasteiger partial charge < -0.3 is 9.73 Å². The van der Waals surface area contributed by atoms with Crippen molar-refractivity contribution in [1.82, 2.24) is 10.0 Å². The van der Waals surface area contributed by atoms with Gasteiger partial charge in [-0.3, -0.25) is 0 Å². The van der Waals surface area contributed by atoms with Crippen LogP contribution in [0.4, 0.5) is 0 Å². The molecule has 0 aliphatic carbocycles. The molecule has 1 aromatic rings. The molecule has 5 nitrogen and oxygen atoms in total. The molecule has 2 N–H and O–H groups in total. The second-order valence-corrected chi connectivity index (χ2v) is 4.80. The van der Waals surface area contributed by atoms with E-state index in [0.29, 0.717) is 6.54 Å². The molecule has 0 aliphatic rings. The van der Waals surface area contributed by atoms with E-state index < -0.39 is 10.0 Å². The number of rotatable bonds is 6. The maximum atomic E-state index is 11.3. The van der Waals surface area contributed by atoms with Gasteiger partial charge in [0, 0.05) is 18.7 Å². The van der Waals surface area contributed by atoms with Crippen LogP contribution < -0.4 is 10.0 Å². The van der Waals surface area contributed by atoms with Crippen LogP contribution in [0.25, 0.3) is 0 Å². The van der Waals surface area contributed by atoms with Gasteiger partial charge in [0.15, 0.2) is 0 Å². The van der Waals surface area contributed by atoms with Crippen LogP contribution in [0.3, 0.4) is 0 Å². The Labute approximate surface area is 83.5 Å². The summed E-state index contributed by atoms with van der Waals surface area (Å²) < 4.78 is 29.9. The van der Waals surface area contributed by atoms with Crippen molar-refractivity contribution in [2.75, 3.05) is 19.3 Å². The average Bonchev–Trinajstić information content (AvgIpc) is 2.64. The Hall–Kier alpha value is -0.850. The second-order valence-electron chi connectivity index (χ2n) is 2.88. The smallest absolute Gasteiger partial charge is 0.213 e. The van der Waals surface area contributed by atoms with E-state index in [1.54, 1.807) is 13.1 Å². The van der Waals surface area contributed by atoms with E-state index in [1.807, 2.05) is 0 Å². The highest BCUT2D eigenvalue weighted by atomic mass is 32.2. The summed E-state index contributed by atoms with van der Waals surface area (Å²) in [7, 11) is -1.46. The van der Waals surface area contributed by atoms with Crippen LogP contribution in [0.15, 0.2) is 23.0 Å². The number of hydrogen-bond donors (Lipinski definition) is 2. The van der Waals surface area contributed by atoms with E-state index in [1.165, 1.54) is 12.5 Å². The Morgan fingerprint density at radius 3 is 2.86 bits per heavy atom. The van der Waals surface area contributed by atoms with E-state index >= 15 is 0 Å². The summed E-state index contributed by atoms with van der Waals surface area (Å²) in [4.78, 5) is 0. The molecule has 0 saturated heterocycles. The van der Waals surface area contributed by atoms with Crippen LogP contribution in [-0.2, 0) is 16.6 Å². The summed E-state index contributed by atoms with van der Waals surface area (Å²) in [6, 6.07) is 1.72. The van der Waals surface area contributed by atoms with Crippen molar-refractivity contribution < 1.29 is 12.8 Å². The Balaban J connectivity index is 2.37. The zero-order chi connectivity index (χ0) is 10.4. The molecule has 1 heterocycles. The van der Waals surface area contributed by atoms with Gasteiger partial charge in [0.2, 0.25) is 10.0 Å². The molecule has 0 unspecified atom stereocenters. The Morgan fingerprint density at radius 2 is 2.29 bits per heavy atom. The lowest BCUT2D eigenvalue weighted by Crippen LogP contribution is -2.30. The van der Waals surface area contributed by atoms with Crippen LogP contribution in [0.1, 0.15) is 5.56 Å². The van der Waals surface area contributed by atoms with E-state index in [4.69, 9.17) is 4.42 Å². The van der Waals surface area contributed by atoms with Crippen molar-refractivity contribution in [2.45, 2.75) is 6.54 Å². The van der Waals surface area contributed by atoms with Crippen molar-refractivity contribution >= 4 is 10.0 Å². The molecule has 0 amide bonds. The lowest BCUT2D eigenvalue weighted by Gasteiger charge is -2.04. The topological polar surface area (TPSA) is 71.3 Å². The summed E-state index contributed by atoms with van der Waals surface area (Å²) in [5, 5.41) is 2.78. The molecule has 0 fully saturated rings. The average molecular weight is 218 g/mol. The molecule has 0 atom stereocenters. The van der Waals surface area contributed by atoms with Gasteiger partial charge in [-0.05, 0) is 13.1 Å². The summed E-state index contributed by atoms with van der Waals surface area (Å²) >= 11 is 0. The van der Waals surface area contributed by atoms with Crippen molar-refractivity contribution in [3.8, 4) is 0 Å². The standard InChI is InChI=1S/C8H14N2O3S/c1-9-3-5-14(11,12)10-6-8-2-4-13-7-8/h2,4,7,9-10H,3,5-6H2,1H3. The molecule has 6 heteroatoms. The monoisotopic (exact) mass is 218 g/mol. The third-order valence-corrected chi connectivity index (χ3v) is 3.02. The van der Waals surface area contributed by atoms with E-state index in [0.717, 1.165) is 5.56 Å². The number of nitrogens with one attached hydrogen (secondary N) is 2. The highest BCUT2D eigenvalue weighted by Gasteiger charge is 2.08. The summed E-state index contributed by atoms with van der Waals surface area (Å²) in [6.07, 6.45) is 3.03. The lowest BCUT2D eigenvalue weighted by molar-refractivity contribution is 0.561. The molecule has 1 aromatic heterocycles. The zero-order valence-electron chi connectivity index (χ0n) is 7.99. The Bertz CT molecular complexity index is 345. The van der Waals surface area contributed by atoms with E-state index in [9.17, 15) is 8.42 Å². The summed E-state index contributed by atoms with van der Waals surface area (Å²) in [5.41, 5.74) is 0.818. The van der Waals surface area contributed by atoms with Crippen molar-refractivity contribution in [1.29, 1.82) is 0 Å². The first-order valence-corrected chi connectivity index (χ1v) is 5.92.